The number of thiophene rings is 1. The molecular weight excluding hydrogens is 893 g/mol. The number of Topliss-reactive ketones (excluding diaryl/α,β-unsaturated/α-hetero) is 1. The molecule has 1 aliphatic carbocycles. The van der Waals surface area contributed by atoms with Gasteiger partial charge < -0.3 is 14.9 Å². The van der Waals surface area contributed by atoms with Crippen LogP contribution in [0.1, 0.15) is 289 Å². The standard InChI is InChI=1S/C64H110N2O2S2/c1-5-9-13-17-21-25-29-33-37-41-53-65(54-42-38-34-30-26-22-18-14-10-6-2)61-51-47-57(69-61)45-49-59-63(67)60(64(59)68)50-46-58-48-52-62(70-58)66(55-43-39-35-31-27-23-19-15-11-7-3)56-44-40-36-32-28-24-20-16-12-8-4/h45-52,61,67H,5-44,53-56H2,1-4H3/b50-46+,57-45-,59-49?. The number of carbonyl (C=O) groups excluding carboxylic acids is 1. The summed E-state index contributed by atoms with van der Waals surface area (Å²) in [6.45, 7) is 13.9. The lowest BCUT2D eigenvalue weighted by Gasteiger charge is -2.28. The summed E-state index contributed by atoms with van der Waals surface area (Å²) in [5.41, 5.74) is 0.652. The van der Waals surface area contributed by atoms with Crippen LogP contribution in [0, 0.1) is 0 Å². The van der Waals surface area contributed by atoms with Crippen LogP contribution in [0.25, 0.3) is 6.08 Å². The summed E-state index contributed by atoms with van der Waals surface area (Å²) >= 11 is 3.72. The Bertz CT molecular complexity index is 1540. The number of hydrogen-bond acceptors (Lipinski definition) is 5. The van der Waals surface area contributed by atoms with Gasteiger partial charge in [-0.1, -0.05) is 276 Å². The third-order valence-corrected chi connectivity index (χ3v) is 17.5. The Morgan fingerprint density at radius 2 is 0.886 bits per heavy atom. The molecule has 1 aliphatic heterocycles. The van der Waals surface area contributed by atoms with E-state index < -0.39 is 0 Å². The molecule has 0 saturated heterocycles. The van der Waals surface area contributed by atoms with Crippen LogP contribution < -0.4 is 14.9 Å². The third kappa shape index (κ3) is 29.0. The monoisotopic (exact) mass is 1000 g/mol. The van der Waals surface area contributed by atoms with Crippen LogP contribution in [0.5, 0.6) is 0 Å². The van der Waals surface area contributed by atoms with Crippen molar-refractivity contribution in [2.45, 2.75) is 290 Å². The number of anilines is 1. The molecule has 1 N–H and O–H groups in total. The Balaban J connectivity index is 1.51. The molecule has 70 heavy (non-hydrogen) atoms. The number of ketones is 1. The van der Waals surface area contributed by atoms with Crippen molar-refractivity contribution in [2.24, 2.45) is 0 Å². The van der Waals surface area contributed by atoms with Gasteiger partial charge in [0.05, 0.1) is 18.1 Å². The fraction of sp³-hybridized carbons (Fsp3) is 0.766. The molecule has 0 aromatic carbocycles. The van der Waals surface area contributed by atoms with E-state index in [4.69, 9.17) is 0 Å². The van der Waals surface area contributed by atoms with Crippen LogP contribution in [-0.4, -0.2) is 37.3 Å². The van der Waals surface area contributed by atoms with E-state index >= 15 is 0 Å². The first-order chi connectivity index (χ1) is 34.5. The lowest BCUT2D eigenvalue weighted by molar-refractivity contribution is -0.904. The minimum atomic E-state index is -0.115. The molecule has 1 unspecified atom stereocenters. The first-order valence-electron chi connectivity index (χ1n) is 30.6. The summed E-state index contributed by atoms with van der Waals surface area (Å²) in [5.74, 6) is -0.229. The number of hydrogen-bond donors (Lipinski definition) is 1. The summed E-state index contributed by atoms with van der Waals surface area (Å²) < 4.78 is 0. The van der Waals surface area contributed by atoms with Crippen molar-refractivity contribution in [1.82, 2.24) is 0 Å². The molecular formula is C64H110N2O2S2. The smallest absolute Gasteiger partial charge is 0.191 e. The van der Waals surface area contributed by atoms with E-state index in [-0.39, 0.29) is 11.5 Å². The molecule has 1 aromatic rings. The highest BCUT2D eigenvalue weighted by atomic mass is 32.2. The summed E-state index contributed by atoms with van der Waals surface area (Å²) in [6.07, 6.45) is 66.9. The first kappa shape index (κ1) is 62.3. The minimum absolute atomic E-state index is 0.115. The predicted molar refractivity (Wildman–Crippen MR) is 312 cm³/mol. The average Bonchev–Trinajstić information content (AvgIpc) is 4.05. The molecule has 400 valence electrons. The normalized spacial score (nSPS) is 16.1. The zero-order chi connectivity index (χ0) is 50.0. The largest absolute Gasteiger partial charge is 0.871 e. The molecule has 4 nitrogen and oxygen atoms in total. The lowest BCUT2D eigenvalue weighted by atomic mass is 9.87. The van der Waals surface area contributed by atoms with E-state index in [2.05, 4.69) is 56.9 Å². The van der Waals surface area contributed by atoms with Crippen molar-refractivity contribution in [2.75, 3.05) is 31.1 Å². The van der Waals surface area contributed by atoms with Crippen molar-refractivity contribution in [3.8, 4) is 0 Å². The van der Waals surface area contributed by atoms with Crippen molar-refractivity contribution < 1.29 is 14.8 Å². The Morgan fingerprint density at radius 1 is 0.500 bits per heavy atom. The number of allylic oxidation sites excluding steroid dienone is 6. The number of unbranched alkanes of at least 4 members (excludes halogenated alkanes) is 36. The maximum absolute atomic E-state index is 13.3. The molecule has 6 heteroatoms. The van der Waals surface area contributed by atoms with E-state index in [9.17, 15) is 9.90 Å². The number of thioether (sulfide) groups is 1. The summed E-state index contributed by atoms with van der Waals surface area (Å²) in [4.78, 5) is 19.9. The fourth-order valence-corrected chi connectivity index (χ4v) is 12.5. The van der Waals surface area contributed by atoms with Crippen LogP contribution in [-0.2, 0) is 4.79 Å². The van der Waals surface area contributed by atoms with Gasteiger partial charge in [-0.05, 0) is 75.0 Å². The predicted octanol–water partition coefficient (Wildman–Crippen LogP) is 18.8. The van der Waals surface area contributed by atoms with Gasteiger partial charge in [0.1, 0.15) is 0 Å². The van der Waals surface area contributed by atoms with E-state index in [0.717, 1.165) is 22.9 Å². The van der Waals surface area contributed by atoms with Gasteiger partial charge in [0, 0.05) is 34.0 Å². The van der Waals surface area contributed by atoms with Gasteiger partial charge in [-0.3, -0.25) is 4.79 Å². The maximum Gasteiger partial charge on any atom is 0.191 e. The number of rotatable bonds is 49. The van der Waals surface area contributed by atoms with Crippen LogP contribution in [0.2, 0.25) is 0 Å². The highest BCUT2D eigenvalue weighted by molar-refractivity contribution is 8.04. The Morgan fingerprint density at radius 3 is 1.29 bits per heavy atom. The van der Waals surface area contributed by atoms with Gasteiger partial charge >= 0.3 is 0 Å². The van der Waals surface area contributed by atoms with Gasteiger partial charge in [-0.15, -0.1) is 11.3 Å². The fourth-order valence-electron chi connectivity index (χ4n) is 10.4. The highest BCUT2D eigenvalue weighted by Gasteiger charge is 2.27. The molecule has 0 saturated carbocycles. The zero-order valence-corrected chi connectivity index (χ0v) is 48.0. The number of nitrogens with zero attached hydrogens (tertiary/aromatic N) is 1. The minimum Gasteiger partial charge on any atom is -0.871 e. The highest BCUT2D eigenvalue weighted by Crippen LogP contribution is 2.33. The topological polar surface area (TPSA) is 47.8 Å². The molecule has 1 aromatic heterocycles. The quantitative estimate of drug-likeness (QED) is 0.0522. The van der Waals surface area contributed by atoms with Gasteiger partial charge in [0.25, 0.3) is 0 Å². The Hall–Kier alpha value is -2.02. The van der Waals surface area contributed by atoms with E-state index in [1.54, 1.807) is 28.4 Å². The van der Waals surface area contributed by atoms with Crippen molar-refractivity contribution in [3.05, 3.63) is 69.2 Å². The first-order valence-corrected chi connectivity index (χ1v) is 32.3. The molecule has 1 atom stereocenters. The van der Waals surface area contributed by atoms with Crippen molar-refractivity contribution in [1.29, 1.82) is 0 Å². The van der Waals surface area contributed by atoms with E-state index in [1.165, 1.54) is 275 Å². The molecule has 2 heterocycles. The summed E-state index contributed by atoms with van der Waals surface area (Å²) in [6, 6.07) is 4.44. The summed E-state index contributed by atoms with van der Waals surface area (Å²) in [7, 11) is 0. The van der Waals surface area contributed by atoms with Crippen LogP contribution in [0.15, 0.2) is 64.3 Å². The second-order valence-electron chi connectivity index (χ2n) is 21.5. The molecule has 0 spiro atoms. The van der Waals surface area contributed by atoms with Crippen LogP contribution in [0.4, 0.5) is 5.00 Å². The van der Waals surface area contributed by atoms with Crippen LogP contribution >= 0.6 is 23.1 Å². The average molecular weight is 1000 g/mol. The third-order valence-electron chi connectivity index (χ3n) is 15.1. The SMILES string of the molecule is CCCCCCCCCCCCN(CCCCCCCCCCCC)c1ccc(/C=C/C2=C([O-])C(=C/C=C3/C=CC([NH+](CCCCCCCCCCCC)CCCCCCCCCCCC)S3)C2=O)s1. The number of carbonyl (C=O) groups is 1. The van der Waals surface area contributed by atoms with E-state index in [1.807, 2.05) is 23.9 Å². The molecule has 0 radical (unpaired) electrons. The number of nitrogens with one attached hydrogen (secondary N) is 1. The molecule has 0 fully saturated rings. The second-order valence-corrected chi connectivity index (χ2v) is 23.8. The van der Waals surface area contributed by atoms with Crippen molar-refractivity contribution in [3.63, 3.8) is 0 Å². The van der Waals surface area contributed by atoms with E-state index in [0.29, 0.717) is 16.5 Å². The van der Waals surface area contributed by atoms with Gasteiger partial charge in [0.2, 0.25) is 0 Å². The zero-order valence-electron chi connectivity index (χ0n) is 46.4. The molecule has 0 bridgehead atoms. The molecule has 3 rings (SSSR count). The molecule has 0 amide bonds. The Labute approximate surface area is 442 Å². The summed E-state index contributed by atoms with van der Waals surface area (Å²) in [5, 5.41) is 15.1. The van der Waals surface area contributed by atoms with Crippen molar-refractivity contribution >= 4 is 40.0 Å². The van der Waals surface area contributed by atoms with Gasteiger partial charge in [-0.2, -0.15) is 0 Å². The van der Waals surface area contributed by atoms with Gasteiger partial charge in [0.15, 0.2) is 11.2 Å². The van der Waals surface area contributed by atoms with Gasteiger partial charge in [-0.25, -0.2) is 0 Å². The van der Waals surface area contributed by atoms with Crippen LogP contribution in [0.3, 0.4) is 0 Å². The molecule has 2 aliphatic rings. The second kappa shape index (κ2) is 43.4. The number of quaternary nitrogens is 1. The maximum atomic E-state index is 13.3. The Kier molecular flexibility index (Phi) is 38.6. The lowest BCUT2D eigenvalue weighted by Crippen LogP contribution is -3.14.